The lowest BCUT2D eigenvalue weighted by Gasteiger charge is -2.12. The van der Waals surface area contributed by atoms with Crippen LogP contribution in [0.2, 0.25) is 0 Å². The van der Waals surface area contributed by atoms with E-state index in [9.17, 15) is 9.50 Å². The number of aryl methyl sites for hydroxylation is 1. The van der Waals surface area contributed by atoms with Crippen molar-refractivity contribution >= 4 is 0 Å². The zero-order valence-corrected chi connectivity index (χ0v) is 10.9. The first-order valence-electron chi connectivity index (χ1n) is 6.35. The molecule has 3 heteroatoms. The smallest absolute Gasteiger partial charge is 0.126 e. The van der Waals surface area contributed by atoms with E-state index in [4.69, 9.17) is 0 Å². The predicted octanol–water partition coefficient (Wildman–Crippen LogP) is 2.96. The Labute approximate surface area is 112 Å². The molecule has 0 spiro atoms. The maximum absolute atomic E-state index is 13.4. The van der Waals surface area contributed by atoms with Crippen molar-refractivity contribution in [1.29, 1.82) is 0 Å². The van der Waals surface area contributed by atoms with Gasteiger partial charge in [-0.1, -0.05) is 42.5 Å². The Bertz CT molecular complexity index is 528. The van der Waals surface area contributed by atoms with Crippen molar-refractivity contribution in [2.75, 3.05) is 6.54 Å². The fraction of sp³-hybridized carbons (Fsp3) is 0.250. The SMILES string of the molecule is Cc1ccc(CNCC(O)c2ccccc2)cc1F. The molecule has 2 nitrogen and oxygen atoms in total. The first-order chi connectivity index (χ1) is 9.16. The van der Waals surface area contributed by atoms with Gasteiger partial charge in [0.15, 0.2) is 0 Å². The van der Waals surface area contributed by atoms with Crippen LogP contribution in [-0.4, -0.2) is 11.7 Å². The van der Waals surface area contributed by atoms with E-state index >= 15 is 0 Å². The van der Waals surface area contributed by atoms with E-state index in [1.807, 2.05) is 36.4 Å². The Kier molecular flexibility index (Phi) is 4.66. The lowest BCUT2D eigenvalue weighted by Crippen LogP contribution is -2.21. The van der Waals surface area contributed by atoms with Crippen LogP contribution < -0.4 is 5.32 Å². The van der Waals surface area contributed by atoms with E-state index in [-0.39, 0.29) is 5.82 Å². The van der Waals surface area contributed by atoms with E-state index in [0.29, 0.717) is 18.7 Å². The van der Waals surface area contributed by atoms with Crippen molar-refractivity contribution in [3.63, 3.8) is 0 Å². The van der Waals surface area contributed by atoms with Crippen LogP contribution in [0.1, 0.15) is 22.8 Å². The zero-order chi connectivity index (χ0) is 13.7. The van der Waals surface area contributed by atoms with Crippen LogP contribution in [0.3, 0.4) is 0 Å². The van der Waals surface area contributed by atoms with Crippen molar-refractivity contribution in [1.82, 2.24) is 5.32 Å². The molecule has 1 atom stereocenters. The van der Waals surface area contributed by atoms with E-state index in [1.54, 1.807) is 13.0 Å². The van der Waals surface area contributed by atoms with Gasteiger partial charge in [0.05, 0.1) is 6.10 Å². The predicted molar refractivity (Wildman–Crippen MR) is 74.2 cm³/mol. The van der Waals surface area contributed by atoms with Gasteiger partial charge in [0, 0.05) is 13.1 Å². The summed E-state index contributed by atoms with van der Waals surface area (Å²) in [6, 6.07) is 14.7. The van der Waals surface area contributed by atoms with Crippen LogP contribution in [0.15, 0.2) is 48.5 Å². The summed E-state index contributed by atoms with van der Waals surface area (Å²) >= 11 is 0. The van der Waals surface area contributed by atoms with Crippen molar-refractivity contribution in [2.24, 2.45) is 0 Å². The van der Waals surface area contributed by atoms with Gasteiger partial charge >= 0.3 is 0 Å². The molecule has 0 saturated heterocycles. The molecule has 2 aromatic carbocycles. The molecule has 19 heavy (non-hydrogen) atoms. The molecular formula is C16H18FNO. The molecule has 0 fully saturated rings. The van der Waals surface area contributed by atoms with E-state index in [0.717, 1.165) is 11.1 Å². The minimum absolute atomic E-state index is 0.192. The minimum atomic E-state index is -0.545. The van der Waals surface area contributed by atoms with E-state index < -0.39 is 6.10 Å². The van der Waals surface area contributed by atoms with Gasteiger partial charge in [-0.05, 0) is 29.7 Å². The normalized spacial score (nSPS) is 12.4. The van der Waals surface area contributed by atoms with Gasteiger partial charge in [0.1, 0.15) is 5.82 Å². The lowest BCUT2D eigenvalue weighted by molar-refractivity contribution is 0.174. The Morgan fingerprint density at radius 3 is 2.58 bits per heavy atom. The highest BCUT2D eigenvalue weighted by molar-refractivity contribution is 5.23. The highest BCUT2D eigenvalue weighted by atomic mass is 19.1. The molecule has 0 radical (unpaired) electrons. The molecule has 0 amide bonds. The Hall–Kier alpha value is -1.71. The Balaban J connectivity index is 1.85. The quantitative estimate of drug-likeness (QED) is 0.865. The third-order valence-electron chi connectivity index (χ3n) is 3.09. The van der Waals surface area contributed by atoms with Gasteiger partial charge in [-0.2, -0.15) is 0 Å². The number of benzene rings is 2. The van der Waals surface area contributed by atoms with Crippen molar-refractivity contribution in [3.05, 3.63) is 71.0 Å². The summed E-state index contributed by atoms with van der Waals surface area (Å²) in [6.07, 6.45) is -0.545. The lowest BCUT2D eigenvalue weighted by atomic mass is 10.1. The largest absolute Gasteiger partial charge is 0.387 e. The summed E-state index contributed by atoms with van der Waals surface area (Å²) < 4.78 is 13.4. The van der Waals surface area contributed by atoms with Crippen LogP contribution in [-0.2, 0) is 6.54 Å². The number of halogens is 1. The number of aliphatic hydroxyl groups is 1. The molecule has 0 aliphatic carbocycles. The van der Waals surface area contributed by atoms with Crippen molar-refractivity contribution in [3.8, 4) is 0 Å². The molecule has 0 aliphatic heterocycles. The minimum Gasteiger partial charge on any atom is -0.387 e. The summed E-state index contributed by atoms with van der Waals surface area (Å²) in [5.41, 5.74) is 2.40. The highest BCUT2D eigenvalue weighted by Gasteiger charge is 2.06. The molecule has 1 unspecified atom stereocenters. The molecule has 2 aromatic rings. The standard InChI is InChI=1S/C16H18FNO/c1-12-7-8-13(9-15(12)17)10-18-11-16(19)14-5-3-2-4-6-14/h2-9,16,18-19H,10-11H2,1H3. The van der Waals surface area contributed by atoms with Gasteiger partial charge in [0.2, 0.25) is 0 Å². The number of aliphatic hydroxyl groups excluding tert-OH is 1. The first-order valence-corrected chi connectivity index (χ1v) is 6.35. The van der Waals surface area contributed by atoms with Crippen LogP contribution in [0, 0.1) is 12.7 Å². The average molecular weight is 259 g/mol. The summed E-state index contributed by atoms with van der Waals surface area (Å²) in [5.74, 6) is -0.192. The number of hydrogen-bond acceptors (Lipinski definition) is 2. The fourth-order valence-electron chi connectivity index (χ4n) is 1.89. The summed E-state index contributed by atoms with van der Waals surface area (Å²) in [5, 5.41) is 13.1. The van der Waals surface area contributed by atoms with E-state index in [2.05, 4.69) is 5.32 Å². The van der Waals surface area contributed by atoms with Crippen LogP contribution in [0.25, 0.3) is 0 Å². The van der Waals surface area contributed by atoms with Crippen LogP contribution in [0.5, 0.6) is 0 Å². The van der Waals surface area contributed by atoms with Crippen molar-refractivity contribution < 1.29 is 9.50 Å². The van der Waals surface area contributed by atoms with Gasteiger partial charge in [-0.15, -0.1) is 0 Å². The number of rotatable bonds is 5. The topological polar surface area (TPSA) is 32.3 Å². The fourth-order valence-corrected chi connectivity index (χ4v) is 1.89. The molecule has 0 bridgehead atoms. The maximum Gasteiger partial charge on any atom is 0.126 e. The second kappa shape index (κ2) is 6.45. The monoisotopic (exact) mass is 259 g/mol. The van der Waals surface area contributed by atoms with Crippen molar-refractivity contribution in [2.45, 2.75) is 19.6 Å². The number of nitrogens with one attached hydrogen (secondary N) is 1. The summed E-state index contributed by atoms with van der Waals surface area (Å²) in [7, 11) is 0. The highest BCUT2D eigenvalue weighted by Crippen LogP contribution is 2.12. The molecule has 0 saturated carbocycles. The molecule has 0 aliphatic rings. The first kappa shape index (κ1) is 13.7. The summed E-state index contributed by atoms with van der Waals surface area (Å²) in [4.78, 5) is 0. The molecular weight excluding hydrogens is 241 g/mol. The second-order valence-corrected chi connectivity index (χ2v) is 4.64. The maximum atomic E-state index is 13.4. The third kappa shape index (κ3) is 3.88. The Morgan fingerprint density at radius 1 is 1.16 bits per heavy atom. The molecule has 2 rings (SSSR count). The molecule has 2 N–H and O–H groups in total. The van der Waals surface area contributed by atoms with Crippen LogP contribution in [0.4, 0.5) is 4.39 Å². The third-order valence-corrected chi connectivity index (χ3v) is 3.09. The molecule has 100 valence electrons. The summed E-state index contributed by atoms with van der Waals surface area (Å²) in [6.45, 7) is 2.73. The van der Waals surface area contributed by atoms with Gasteiger partial charge in [-0.3, -0.25) is 0 Å². The second-order valence-electron chi connectivity index (χ2n) is 4.64. The number of hydrogen-bond donors (Lipinski definition) is 2. The average Bonchev–Trinajstić information content (AvgIpc) is 2.43. The van der Waals surface area contributed by atoms with Crippen LogP contribution >= 0.6 is 0 Å². The zero-order valence-electron chi connectivity index (χ0n) is 10.9. The van der Waals surface area contributed by atoms with Gasteiger partial charge in [0.25, 0.3) is 0 Å². The van der Waals surface area contributed by atoms with Gasteiger partial charge in [-0.25, -0.2) is 4.39 Å². The Morgan fingerprint density at radius 2 is 1.89 bits per heavy atom. The molecule has 0 heterocycles. The van der Waals surface area contributed by atoms with E-state index in [1.165, 1.54) is 6.07 Å². The van der Waals surface area contributed by atoms with Gasteiger partial charge < -0.3 is 10.4 Å². The molecule has 0 aromatic heterocycles.